The van der Waals surface area contributed by atoms with E-state index in [9.17, 15) is 61.0 Å². The van der Waals surface area contributed by atoms with Crippen LogP contribution in [0.25, 0.3) is 0 Å². The largest absolute Gasteiger partial charge is 0.394 e. The van der Waals surface area contributed by atoms with Crippen LogP contribution in [-0.2, 0) is 33.2 Å². The van der Waals surface area contributed by atoms with Gasteiger partial charge in [-0.1, -0.05) is 340 Å². The fourth-order valence-corrected chi connectivity index (χ4v) is 14.7. The van der Waals surface area contributed by atoms with Crippen molar-refractivity contribution >= 4 is 5.91 Å². The lowest BCUT2D eigenvalue weighted by atomic mass is 9.96. The van der Waals surface area contributed by atoms with Gasteiger partial charge in [0.2, 0.25) is 5.91 Å². The van der Waals surface area contributed by atoms with Crippen LogP contribution < -0.4 is 5.32 Å². The third-order valence-corrected chi connectivity index (χ3v) is 21.5. The van der Waals surface area contributed by atoms with E-state index >= 15 is 0 Å². The predicted molar refractivity (Wildman–Crippen MR) is 406 cm³/mol. The lowest BCUT2D eigenvalue weighted by Gasteiger charge is -2.48. The predicted octanol–water partition coefficient (Wildman–Crippen LogP) is 14.9. The van der Waals surface area contributed by atoms with E-state index in [1.165, 1.54) is 295 Å². The van der Waals surface area contributed by atoms with Crippen LogP contribution in [0.2, 0.25) is 0 Å². The number of aliphatic hydroxyl groups is 11. The van der Waals surface area contributed by atoms with E-state index in [1.54, 1.807) is 6.08 Å². The van der Waals surface area contributed by atoms with Gasteiger partial charge < -0.3 is 89.9 Å². The van der Waals surface area contributed by atoms with Gasteiger partial charge in [-0.2, -0.15) is 0 Å². The highest BCUT2D eigenvalue weighted by molar-refractivity contribution is 5.76. The Morgan fingerprint density at radius 1 is 0.343 bits per heavy atom. The van der Waals surface area contributed by atoms with Crippen molar-refractivity contribution in [1.82, 2.24) is 5.32 Å². The van der Waals surface area contributed by atoms with Crippen molar-refractivity contribution in [2.45, 2.75) is 471 Å². The van der Waals surface area contributed by atoms with Crippen LogP contribution in [0.5, 0.6) is 0 Å². The van der Waals surface area contributed by atoms with Crippen molar-refractivity contribution in [3.8, 4) is 0 Å². The molecule has 0 radical (unpaired) electrons. The molecule has 0 aromatic heterocycles. The lowest BCUT2D eigenvalue weighted by Crippen LogP contribution is -2.66. The number of unbranched alkanes of at least 4 members (excludes halogenated alkanes) is 51. The van der Waals surface area contributed by atoms with Crippen molar-refractivity contribution in [2.24, 2.45) is 0 Å². The Bertz CT molecular complexity index is 1940. The molecule has 102 heavy (non-hydrogen) atoms. The van der Waals surface area contributed by atoms with E-state index in [0.29, 0.717) is 6.42 Å². The third-order valence-electron chi connectivity index (χ3n) is 21.5. The zero-order valence-electron chi connectivity index (χ0n) is 64.6. The maximum atomic E-state index is 13.5. The molecule has 12 N–H and O–H groups in total. The molecule has 3 saturated heterocycles. The molecule has 3 heterocycles. The zero-order chi connectivity index (χ0) is 73.9. The van der Waals surface area contributed by atoms with Gasteiger partial charge in [0.15, 0.2) is 18.9 Å². The molecule has 0 spiro atoms. The average Bonchev–Trinajstić information content (AvgIpc) is 0.782. The fourth-order valence-electron chi connectivity index (χ4n) is 14.7. The zero-order valence-corrected chi connectivity index (χ0v) is 64.6. The smallest absolute Gasteiger partial charge is 0.220 e. The van der Waals surface area contributed by atoms with Crippen molar-refractivity contribution in [1.29, 1.82) is 0 Å². The number of aliphatic hydroxyl groups excluding tert-OH is 11. The number of hydrogen-bond acceptors (Lipinski definition) is 18. The molecule has 1 amide bonds. The highest BCUT2D eigenvalue weighted by Gasteiger charge is 2.54. The molecule has 3 fully saturated rings. The van der Waals surface area contributed by atoms with Gasteiger partial charge in [-0.3, -0.25) is 4.79 Å². The van der Waals surface area contributed by atoms with E-state index in [-0.39, 0.29) is 18.9 Å². The molecule has 19 heteroatoms. The Morgan fingerprint density at radius 3 is 0.951 bits per heavy atom. The number of hydrogen-bond donors (Lipinski definition) is 12. The second kappa shape index (κ2) is 64.1. The molecule has 3 rings (SSSR count). The number of carbonyl (C=O) groups excluding carboxylic acids is 1. The van der Waals surface area contributed by atoms with E-state index in [0.717, 1.165) is 44.9 Å². The summed E-state index contributed by atoms with van der Waals surface area (Å²) in [4.78, 5) is 13.5. The minimum atomic E-state index is -1.98. The highest BCUT2D eigenvalue weighted by atomic mass is 16.8. The first kappa shape index (κ1) is 94.5. The van der Waals surface area contributed by atoms with Crippen LogP contribution in [0.3, 0.4) is 0 Å². The molecule has 0 aromatic rings. The summed E-state index contributed by atoms with van der Waals surface area (Å²) in [6, 6.07) is -0.973. The second-order valence-electron chi connectivity index (χ2n) is 30.6. The summed E-state index contributed by atoms with van der Waals surface area (Å²) in [5, 5.41) is 121. The molecule has 0 bridgehead atoms. The SMILES string of the molecule is CCCCCCCCCC/C=C\CCCCCCCCCCCCCCCCCC(=O)NC(COC1OC(CO)C(OC2OC(CO)C(OC3OC(CO)C(O)C(O)C3O)C(O)C2O)C(O)C1O)C(O)/C=C/CCCCCCCCCCCCCCCCCCCCCCCCCCCCCC. The summed E-state index contributed by atoms with van der Waals surface area (Å²) in [5.41, 5.74) is 0. The van der Waals surface area contributed by atoms with Gasteiger partial charge in [0.05, 0.1) is 38.6 Å². The lowest BCUT2D eigenvalue weighted by molar-refractivity contribution is -0.379. The maximum absolute atomic E-state index is 13.5. The van der Waals surface area contributed by atoms with Crippen LogP contribution in [0.1, 0.15) is 367 Å². The van der Waals surface area contributed by atoms with E-state index in [1.807, 2.05) is 6.08 Å². The van der Waals surface area contributed by atoms with Crippen molar-refractivity contribution in [2.75, 3.05) is 26.4 Å². The van der Waals surface area contributed by atoms with Crippen LogP contribution in [0.15, 0.2) is 24.3 Å². The summed E-state index contributed by atoms with van der Waals surface area (Å²) < 4.78 is 34.5. The van der Waals surface area contributed by atoms with E-state index in [2.05, 4.69) is 31.3 Å². The van der Waals surface area contributed by atoms with Crippen LogP contribution >= 0.6 is 0 Å². The minimum absolute atomic E-state index is 0.247. The molecule has 602 valence electrons. The number of ether oxygens (including phenoxy) is 6. The first-order valence-corrected chi connectivity index (χ1v) is 42.6. The highest BCUT2D eigenvalue weighted by Crippen LogP contribution is 2.33. The Hall–Kier alpha value is -1.73. The van der Waals surface area contributed by atoms with Crippen LogP contribution in [0, 0.1) is 0 Å². The van der Waals surface area contributed by atoms with E-state index in [4.69, 9.17) is 28.4 Å². The van der Waals surface area contributed by atoms with Gasteiger partial charge >= 0.3 is 0 Å². The number of rotatable bonds is 69. The summed E-state index contributed by atoms with van der Waals surface area (Å²) >= 11 is 0. The number of carbonyl (C=O) groups is 1. The fraction of sp³-hybridized carbons (Fsp3) is 0.940. The molecule has 19 nitrogen and oxygen atoms in total. The molecule has 0 saturated carbocycles. The van der Waals surface area contributed by atoms with Crippen LogP contribution in [-0.4, -0.2) is 193 Å². The molecule has 17 atom stereocenters. The van der Waals surface area contributed by atoms with Gasteiger partial charge in [-0.15, -0.1) is 0 Å². The number of allylic oxidation sites excluding steroid dienone is 3. The van der Waals surface area contributed by atoms with Gasteiger partial charge in [-0.25, -0.2) is 0 Å². The number of amides is 1. The van der Waals surface area contributed by atoms with Gasteiger partial charge in [0.25, 0.3) is 0 Å². The molecule has 0 aliphatic carbocycles. The average molecular weight is 1460 g/mol. The van der Waals surface area contributed by atoms with Crippen molar-refractivity contribution in [3.63, 3.8) is 0 Å². The summed E-state index contributed by atoms with van der Waals surface area (Å²) in [7, 11) is 0. The van der Waals surface area contributed by atoms with Crippen LogP contribution in [0.4, 0.5) is 0 Å². The molecule has 3 aliphatic heterocycles. The molecular formula is C83H157NO18. The molecule has 0 aromatic carbocycles. The summed E-state index contributed by atoms with van der Waals surface area (Å²) in [6.07, 6.45) is 51.7. The van der Waals surface area contributed by atoms with E-state index < -0.39 is 124 Å². The molecular weight excluding hydrogens is 1300 g/mol. The first-order valence-electron chi connectivity index (χ1n) is 42.6. The van der Waals surface area contributed by atoms with Gasteiger partial charge in [0, 0.05) is 6.42 Å². The topological polar surface area (TPSA) is 307 Å². The van der Waals surface area contributed by atoms with Gasteiger partial charge in [0.1, 0.15) is 73.2 Å². The Kier molecular flexibility index (Phi) is 59.4. The van der Waals surface area contributed by atoms with Gasteiger partial charge in [-0.05, 0) is 44.9 Å². The Labute approximate surface area is 619 Å². The first-order chi connectivity index (χ1) is 49.8. The Balaban J connectivity index is 1.36. The third kappa shape index (κ3) is 43.5. The van der Waals surface area contributed by atoms with Crippen molar-refractivity contribution in [3.05, 3.63) is 24.3 Å². The number of nitrogens with one attached hydrogen (secondary N) is 1. The monoisotopic (exact) mass is 1460 g/mol. The normalized spacial score (nSPS) is 26.2. The maximum Gasteiger partial charge on any atom is 0.220 e. The summed E-state index contributed by atoms with van der Waals surface area (Å²) in [5.74, 6) is -0.268. The molecule has 17 unspecified atom stereocenters. The molecule has 3 aliphatic rings. The quantitative estimate of drug-likeness (QED) is 0.0199. The van der Waals surface area contributed by atoms with Crippen molar-refractivity contribution < 1.29 is 89.4 Å². The minimum Gasteiger partial charge on any atom is -0.394 e. The Morgan fingerprint density at radius 2 is 0.618 bits per heavy atom. The second-order valence-corrected chi connectivity index (χ2v) is 30.6. The summed E-state index contributed by atoms with van der Waals surface area (Å²) in [6.45, 7) is 1.80. The standard InChI is InChI=1S/C83H157NO18/c1-3-5-7-9-11-13-15-17-19-21-23-25-27-29-31-32-33-35-36-38-40-42-44-46-48-50-52-54-56-58-60-67(88)66(84-71(89)61-59-57-55-53-51-49-47-45-43-41-39-37-34-30-28-26-24-22-20-18-16-14-12-10-8-6-4-2)65-97-81-77(95)74(92)79(69(63-86)99-81)102-83-78(96)75(93)80(70(64-87)100-83)101-82-76(94)73(91)72(90)68(62-85)98-82/h22,24,58,60,66-70,72-83,85-88,90-96H,3-21,23,25-57,59,61-65H2,1-2H3,(H,84,89)/b24-22-,60-58+.